The number of carboxylic acid groups (broad SMARTS) is 1. The van der Waals surface area contributed by atoms with Crippen LogP contribution in [0.15, 0.2) is 0 Å². The zero-order chi connectivity index (χ0) is 9.02. The van der Waals surface area contributed by atoms with Gasteiger partial charge in [-0.05, 0) is 13.8 Å². The van der Waals surface area contributed by atoms with Crippen molar-refractivity contribution in [2.24, 2.45) is 0 Å². The molecule has 0 radical (unpaired) electrons. The molecule has 2 N–H and O–H groups in total. The predicted octanol–water partition coefficient (Wildman–Crippen LogP) is -1.91. The molecule has 0 fully saturated rings. The summed E-state index contributed by atoms with van der Waals surface area (Å²) in [5.41, 5.74) is 0. The fraction of sp³-hybridized carbons (Fsp3) is 0.667. The zero-order valence-electron chi connectivity index (χ0n) is 6.27. The van der Waals surface area contributed by atoms with Gasteiger partial charge in [-0.2, -0.15) is 0 Å². The van der Waals surface area contributed by atoms with E-state index in [1.807, 2.05) is 0 Å². The molecule has 68 valence electrons. The molecule has 0 spiro atoms. The molecule has 0 rings (SSSR count). The normalized spacial score (nSPS) is 12.8. The van der Waals surface area contributed by atoms with Crippen LogP contribution < -0.4 is 0 Å². The quantitative estimate of drug-likeness (QED) is 0.445. The molecule has 5 nitrogen and oxygen atoms in total. The summed E-state index contributed by atoms with van der Waals surface area (Å²) < 4.78 is 4.28. The summed E-state index contributed by atoms with van der Waals surface area (Å²) in [5.74, 6) is -2.17. The van der Waals surface area contributed by atoms with Crippen molar-refractivity contribution in [1.29, 1.82) is 0 Å². The second kappa shape index (κ2) is 10.7. The Kier molecular flexibility index (Phi) is 16.9. The van der Waals surface area contributed by atoms with Crippen molar-refractivity contribution in [2.45, 2.75) is 26.1 Å². The van der Waals surface area contributed by atoms with Crippen LogP contribution in [0.25, 0.3) is 0 Å². The molecule has 0 aromatic heterocycles. The van der Waals surface area contributed by atoms with Crippen LogP contribution in [0, 0.1) is 0 Å². The topological polar surface area (TPSA) is 83.8 Å². The minimum atomic E-state index is -1.28. The summed E-state index contributed by atoms with van der Waals surface area (Å²) >= 11 is 0. The first-order valence-corrected chi connectivity index (χ1v) is 3.06. The van der Waals surface area contributed by atoms with E-state index in [0.29, 0.717) is 0 Å². The fourth-order valence-corrected chi connectivity index (χ4v) is 0.323. The molecular weight excluding hydrogens is 230 g/mol. The third kappa shape index (κ3) is 10.5. The summed E-state index contributed by atoms with van der Waals surface area (Å²) in [6.07, 6.45) is -2.49. The van der Waals surface area contributed by atoms with Crippen LogP contribution in [0.3, 0.4) is 0 Å². The van der Waals surface area contributed by atoms with Crippen LogP contribution in [-0.2, 0) is 14.3 Å². The van der Waals surface area contributed by atoms with Gasteiger partial charge in [0.15, 0.2) is 6.10 Å². The molecule has 13 heavy (non-hydrogen) atoms. The fourth-order valence-electron chi connectivity index (χ4n) is 0.323. The van der Waals surface area contributed by atoms with Gasteiger partial charge < -0.3 is 14.9 Å². The Hall–Kier alpha value is 2.17. The monoisotopic (exact) mass is 242 g/mol. The molecule has 0 aromatic rings. The van der Waals surface area contributed by atoms with E-state index < -0.39 is 24.1 Å². The van der Waals surface area contributed by atoms with Gasteiger partial charge >= 0.3 is 115 Å². The van der Waals surface area contributed by atoms with E-state index in [2.05, 4.69) is 4.74 Å². The Morgan fingerprint density at radius 1 is 1.23 bits per heavy atom. The molecule has 0 aliphatic rings. The van der Waals surface area contributed by atoms with Crippen molar-refractivity contribution in [3.63, 3.8) is 0 Å². The van der Waals surface area contributed by atoms with E-state index in [4.69, 9.17) is 10.2 Å². The number of aliphatic carboxylic acids is 1. The van der Waals surface area contributed by atoms with Gasteiger partial charge in [0.25, 0.3) is 0 Å². The number of carbonyl (C=O) groups is 2. The summed E-state index contributed by atoms with van der Waals surface area (Å²) in [4.78, 5) is 20.6. The van der Waals surface area contributed by atoms with Gasteiger partial charge in [0, 0.05) is 0 Å². The number of carbonyl (C=O) groups excluding carboxylic acids is 1. The number of hydrogen-bond acceptors (Lipinski definition) is 4. The Bertz CT molecular complexity index is 170. The molecule has 2 atom stereocenters. The van der Waals surface area contributed by atoms with E-state index in [9.17, 15) is 9.59 Å². The van der Waals surface area contributed by atoms with Crippen molar-refractivity contribution in [3.8, 4) is 0 Å². The molecule has 0 saturated carbocycles. The first-order valence-electron chi connectivity index (χ1n) is 3.06. The van der Waals surface area contributed by atoms with Gasteiger partial charge in [0.2, 0.25) is 0 Å². The summed E-state index contributed by atoms with van der Waals surface area (Å²) in [7, 11) is 0. The molecule has 7 heteroatoms. The molecule has 0 aromatic carbocycles. The molecule has 2 unspecified atom stereocenters. The van der Waals surface area contributed by atoms with Crippen molar-refractivity contribution < 1.29 is 24.5 Å². The van der Waals surface area contributed by atoms with Crippen molar-refractivity contribution in [1.82, 2.24) is 0 Å². The molecule has 0 bridgehead atoms. The second-order valence-corrected chi connectivity index (χ2v) is 2.09. The predicted molar refractivity (Wildman–Crippen MR) is 49.2 cm³/mol. The summed E-state index contributed by atoms with van der Waals surface area (Å²) in [6.45, 7) is 2.42. The van der Waals surface area contributed by atoms with Crippen LogP contribution in [-0.4, -0.2) is 137 Å². The summed E-state index contributed by atoms with van der Waals surface area (Å²) in [6, 6.07) is 0. The summed E-state index contributed by atoms with van der Waals surface area (Å²) in [5, 5.41) is 16.8. The molecule has 0 aliphatic heterocycles. The van der Waals surface area contributed by atoms with Gasteiger partial charge in [-0.25, -0.2) is 9.59 Å². The molecule has 0 amide bonds. The number of esters is 1. The van der Waals surface area contributed by atoms with Gasteiger partial charge in [-0.1, -0.05) is 0 Å². The Balaban J connectivity index is -0.000000500. The third-order valence-electron chi connectivity index (χ3n) is 0.982. The number of ether oxygens (including phenoxy) is 1. The number of hydrogen-bond donors (Lipinski definition) is 2. The number of rotatable bonds is 3. The standard InChI is InChI=1S/C6H10O5.2K.2H/c1-3(7)6(10)11-4(2)5(8)9;;;;/h3-4,7H,1-2H3,(H,8,9);;;;. The Morgan fingerprint density at radius 3 is 1.85 bits per heavy atom. The van der Waals surface area contributed by atoms with Crippen LogP contribution in [0.4, 0.5) is 0 Å². The third-order valence-corrected chi connectivity index (χ3v) is 0.982. The minimum absolute atomic E-state index is 0. The van der Waals surface area contributed by atoms with E-state index in [0.717, 1.165) is 0 Å². The SMILES string of the molecule is CC(O)C(=O)OC(C)C(=O)O.[KH].[KH]. The molecule has 0 saturated heterocycles. The van der Waals surface area contributed by atoms with Crippen LogP contribution in [0.5, 0.6) is 0 Å². The van der Waals surface area contributed by atoms with E-state index in [-0.39, 0.29) is 103 Å². The average molecular weight is 242 g/mol. The zero-order valence-corrected chi connectivity index (χ0v) is 6.27. The van der Waals surface area contributed by atoms with Gasteiger partial charge in [-0.15, -0.1) is 0 Å². The van der Waals surface area contributed by atoms with Crippen molar-refractivity contribution >= 4 is 115 Å². The van der Waals surface area contributed by atoms with E-state index in [1.54, 1.807) is 0 Å². The maximum absolute atomic E-state index is 10.5. The average Bonchev–Trinajstić information content (AvgIpc) is 1.87. The van der Waals surface area contributed by atoms with Gasteiger partial charge in [0.1, 0.15) is 6.10 Å². The maximum atomic E-state index is 10.5. The van der Waals surface area contributed by atoms with E-state index >= 15 is 0 Å². The van der Waals surface area contributed by atoms with Crippen LogP contribution in [0.2, 0.25) is 0 Å². The first-order chi connectivity index (χ1) is 4.95. The van der Waals surface area contributed by atoms with Crippen molar-refractivity contribution in [3.05, 3.63) is 0 Å². The van der Waals surface area contributed by atoms with Gasteiger partial charge in [-0.3, -0.25) is 0 Å². The van der Waals surface area contributed by atoms with Crippen LogP contribution >= 0.6 is 0 Å². The van der Waals surface area contributed by atoms with E-state index in [1.165, 1.54) is 13.8 Å². The van der Waals surface area contributed by atoms with Crippen molar-refractivity contribution in [2.75, 3.05) is 0 Å². The molecule has 0 aliphatic carbocycles. The van der Waals surface area contributed by atoms with Crippen LogP contribution in [0.1, 0.15) is 13.8 Å². The Morgan fingerprint density at radius 2 is 1.62 bits per heavy atom. The number of carboxylic acids is 1. The van der Waals surface area contributed by atoms with Gasteiger partial charge in [0.05, 0.1) is 0 Å². The first kappa shape index (κ1) is 20.6. The molecular formula is C6H12K2O5. The Labute approximate surface area is 161 Å². The second-order valence-electron chi connectivity index (χ2n) is 2.09. The number of aliphatic hydroxyl groups excluding tert-OH is 1. The molecule has 0 heterocycles. The number of aliphatic hydroxyl groups is 1.